The summed E-state index contributed by atoms with van der Waals surface area (Å²) in [4.78, 5) is 31.9. The second-order valence-corrected chi connectivity index (χ2v) is 7.91. The van der Waals surface area contributed by atoms with E-state index in [-0.39, 0.29) is 17.2 Å². The number of aryl methyl sites for hydroxylation is 1. The number of Topliss-reactive ketones (excluding diaryl/α,β-unsaturated/α-hetero) is 1. The number of carbonyl (C=O) groups excluding carboxylic acids is 2. The smallest absolute Gasteiger partial charge is 0.310 e. The van der Waals surface area contributed by atoms with Crippen LogP contribution in [0.1, 0.15) is 58.9 Å². The molecule has 168 valence electrons. The van der Waals surface area contributed by atoms with Gasteiger partial charge in [-0.3, -0.25) is 9.59 Å². The van der Waals surface area contributed by atoms with Crippen LogP contribution in [-0.2, 0) is 14.3 Å². The Kier molecular flexibility index (Phi) is 9.50. The molecule has 1 aliphatic carbocycles. The van der Waals surface area contributed by atoms with Crippen LogP contribution in [0.2, 0.25) is 0 Å². The number of ketones is 1. The van der Waals surface area contributed by atoms with Crippen molar-refractivity contribution >= 4 is 40.4 Å². The number of nitrogens with zero attached hydrogens (tertiary/aromatic N) is 2. The van der Waals surface area contributed by atoms with Gasteiger partial charge in [0, 0.05) is 29.9 Å². The predicted octanol–water partition coefficient (Wildman–Crippen LogP) is 6.06. The number of ether oxygens (including phenoxy) is 1. The number of hydrogen-bond donors (Lipinski definition) is 0. The lowest BCUT2D eigenvalue weighted by molar-refractivity contribution is -0.143. The molecule has 1 aliphatic rings. The van der Waals surface area contributed by atoms with E-state index in [9.17, 15) is 9.59 Å². The number of benzene rings is 1. The predicted molar refractivity (Wildman–Crippen MR) is 129 cm³/mol. The van der Waals surface area contributed by atoms with Gasteiger partial charge in [-0.2, -0.15) is 0 Å². The van der Waals surface area contributed by atoms with Crippen molar-refractivity contribution in [1.29, 1.82) is 0 Å². The summed E-state index contributed by atoms with van der Waals surface area (Å²) < 4.78 is 5.22. The van der Waals surface area contributed by atoms with E-state index in [1.807, 2.05) is 26.8 Å². The maximum Gasteiger partial charge on any atom is 0.310 e. The standard InChI is InChI=1S/C25H33ClN2O3/c1-6-10-13-31-23(29)16-18-15-22(20(7-2)24(26)25(18)30)27-21-12-11-19(14-17(21)5)28(8-3)9-4/h11-12,14-15H,6-10,13,16H2,1-5H3. The summed E-state index contributed by atoms with van der Waals surface area (Å²) in [6.07, 6.45) is 3.90. The summed E-state index contributed by atoms with van der Waals surface area (Å²) >= 11 is 6.39. The van der Waals surface area contributed by atoms with E-state index in [1.165, 1.54) is 0 Å². The molecule has 0 aliphatic heterocycles. The number of allylic oxidation sites excluding steroid dienone is 3. The van der Waals surface area contributed by atoms with E-state index >= 15 is 0 Å². The van der Waals surface area contributed by atoms with Crippen molar-refractivity contribution in [3.8, 4) is 0 Å². The van der Waals surface area contributed by atoms with Crippen LogP contribution in [0.4, 0.5) is 11.4 Å². The van der Waals surface area contributed by atoms with Crippen molar-refractivity contribution in [3.05, 3.63) is 46.0 Å². The molecule has 0 radical (unpaired) electrons. The van der Waals surface area contributed by atoms with Gasteiger partial charge in [-0.1, -0.05) is 31.9 Å². The second kappa shape index (κ2) is 11.8. The zero-order chi connectivity index (χ0) is 23.0. The van der Waals surface area contributed by atoms with Gasteiger partial charge in [0.1, 0.15) is 0 Å². The lowest BCUT2D eigenvalue weighted by Gasteiger charge is -2.22. The van der Waals surface area contributed by atoms with Crippen molar-refractivity contribution in [2.24, 2.45) is 4.99 Å². The van der Waals surface area contributed by atoms with Gasteiger partial charge in [0.2, 0.25) is 5.78 Å². The molecule has 0 atom stereocenters. The number of halogens is 1. The topological polar surface area (TPSA) is 59.0 Å². The van der Waals surface area contributed by atoms with E-state index in [4.69, 9.17) is 21.3 Å². The minimum atomic E-state index is -0.420. The van der Waals surface area contributed by atoms with Crippen LogP contribution in [-0.4, -0.2) is 37.2 Å². The SMILES string of the molecule is CCCCOC(=O)CC1=CC(=Nc2ccc(N(CC)CC)cc2C)C(CC)=C(Cl)C1=O. The molecule has 5 nitrogen and oxygen atoms in total. The Morgan fingerprint density at radius 3 is 2.45 bits per heavy atom. The van der Waals surface area contributed by atoms with Crippen LogP contribution < -0.4 is 4.90 Å². The van der Waals surface area contributed by atoms with Crippen LogP contribution in [0, 0.1) is 6.92 Å². The third-order valence-electron chi connectivity index (χ3n) is 5.38. The molecule has 0 amide bonds. The minimum Gasteiger partial charge on any atom is -0.465 e. The lowest BCUT2D eigenvalue weighted by Crippen LogP contribution is -2.21. The van der Waals surface area contributed by atoms with Gasteiger partial charge in [-0.15, -0.1) is 0 Å². The van der Waals surface area contributed by atoms with Crippen molar-refractivity contribution in [2.75, 3.05) is 24.6 Å². The molecule has 1 aromatic rings. The van der Waals surface area contributed by atoms with E-state index in [1.54, 1.807) is 6.08 Å². The van der Waals surface area contributed by atoms with Gasteiger partial charge in [-0.25, -0.2) is 4.99 Å². The molecule has 1 aromatic carbocycles. The molecule has 0 saturated carbocycles. The molecular weight excluding hydrogens is 412 g/mol. The summed E-state index contributed by atoms with van der Waals surface area (Å²) in [6.45, 7) is 12.5. The number of hydrogen-bond acceptors (Lipinski definition) is 5. The van der Waals surface area contributed by atoms with Crippen molar-refractivity contribution < 1.29 is 14.3 Å². The maximum atomic E-state index is 12.7. The number of esters is 1. The molecule has 0 heterocycles. The Labute approximate surface area is 190 Å². The first-order valence-corrected chi connectivity index (χ1v) is 11.5. The number of carbonyl (C=O) groups is 2. The van der Waals surface area contributed by atoms with Gasteiger partial charge >= 0.3 is 5.97 Å². The van der Waals surface area contributed by atoms with Crippen LogP contribution in [0.25, 0.3) is 0 Å². The molecule has 0 unspecified atom stereocenters. The van der Waals surface area contributed by atoms with Gasteiger partial charge in [0.05, 0.1) is 29.5 Å². The minimum absolute atomic E-state index is 0.103. The van der Waals surface area contributed by atoms with Crippen LogP contribution in [0.15, 0.2) is 45.4 Å². The zero-order valence-corrected chi connectivity index (χ0v) is 20.0. The van der Waals surface area contributed by atoms with Gasteiger partial charge in [0.15, 0.2) is 0 Å². The highest BCUT2D eigenvalue weighted by molar-refractivity contribution is 6.49. The fourth-order valence-corrected chi connectivity index (χ4v) is 3.84. The van der Waals surface area contributed by atoms with Crippen LogP contribution >= 0.6 is 11.6 Å². The fourth-order valence-electron chi connectivity index (χ4n) is 3.49. The van der Waals surface area contributed by atoms with Crippen molar-refractivity contribution in [3.63, 3.8) is 0 Å². The lowest BCUT2D eigenvalue weighted by atomic mass is 9.92. The molecule has 0 N–H and O–H groups in total. The Morgan fingerprint density at radius 2 is 1.87 bits per heavy atom. The molecule has 0 aromatic heterocycles. The van der Waals surface area contributed by atoms with E-state index < -0.39 is 5.97 Å². The first-order chi connectivity index (χ1) is 14.9. The van der Waals surface area contributed by atoms with Crippen LogP contribution in [0.5, 0.6) is 0 Å². The third-order valence-corrected chi connectivity index (χ3v) is 5.78. The van der Waals surface area contributed by atoms with Crippen molar-refractivity contribution in [1.82, 2.24) is 0 Å². The average molecular weight is 445 g/mol. The summed E-state index contributed by atoms with van der Waals surface area (Å²) in [5.41, 5.74) is 4.65. The van der Waals surface area contributed by atoms with E-state index in [0.29, 0.717) is 29.9 Å². The molecule has 0 saturated heterocycles. The Hall–Kier alpha value is -2.40. The van der Waals surface area contributed by atoms with E-state index in [0.717, 1.165) is 42.9 Å². The molecule has 0 bridgehead atoms. The number of unbranched alkanes of at least 4 members (excludes halogenated alkanes) is 1. The Balaban J connectivity index is 2.37. The molecule has 0 spiro atoms. The monoisotopic (exact) mass is 444 g/mol. The fraction of sp³-hybridized carbons (Fsp3) is 0.480. The highest BCUT2D eigenvalue weighted by atomic mass is 35.5. The third kappa shape index (κ3) is 6.30. The van der Waals surface area contributed by atoms with E-state index in [2.05, 4.69) is 30.9 Å². The highest BCUT2D eigenvalue weighted by Crippen LogP contribution is 2.31. The maximum absolute atomic E-state index is 12.7. The largest absolute Gasteiger partial charge is 0.465 e. The first kappa shape index (κ1) is 24.9. The van der Waals surface area contributed by atoms with Crippen LogP contribution in [0.3, 0.4) is 0 Å². The first-order valence-electron chi connectivity index (χ1n) is 11.1. The van der Waals surface area contributed by atoms with Gasteiger partial charge in [-0.05, 0) is 63.5 Å². The number of anilines is 1. The molecule has 0 fully saturated rings. The normalized spacial score (nSPS) is 15.4. The Bertz CT molecular complexity index is 911. The summed E-state index contributed by atoms with van der Waals surface area (Å²) in [7, 11) is 0. The number of aliphatic imine (C=N–C) groups is 1. The second-order valence-electron chi connectivity index (χ2n) is 7.54. The van der Waals surface area contributed by atoms with Gasteiger partial charge in [0.25, 0.3) is 0 Å². The summed E-state index contributed by atoms with van der Waals surface area (Å²) in [5, 5.41) is 0.137. The number of rotatable bonds is 10. The summed E-state index contributed by atoms with van der Waals surface area (Å²) in [5.74, 6) is -0.741. The molecule has 31 heavy (non-hydrogen) atoms. The Morgan fingerprint density at radius 1 is 1.16 bits per heavy atom. The average Bonchev–Trinajstić information content (AvgIpc) is 2.75. The zero-order valence-electron chi connectivity index (χ0n) is 19.3. The highest BCUT2D eigenvalue weighted by Gasteiger charge is 2.27. The summed E-state index contributed by atoms with van der Waals surface area (Å²) in [6, 6.07) is 6.16. The van der Waals surface area contributed by atoms with Crippen molar-refractivity contribution in [2.45, 2.75) is 60.3 Å². The molecule has 6 heteroatoms. The molecular formula is C25H33ClN2O3. The quantitative estimate of drug-likeness (QED) is 0.250. The molecule has 2 rings (SSSR count). The van der Waals surface area contributed by atoms with Gasteiger partial charge < -0.3 is 9.64 Å².